The summed E-state index contributed by atoms with van der Waals surface area (Å²) in [6.45, 7) is 7.36. The van der Waals surface area contributed by atoms with Gasteiger partial charge in [-0.3, -0.25) is 14.4 Å². The Morgan fingerprint density at radius 2 is 1.28 bits per heavy atom. The first-order valence-electron chi connectivity index (χ1n) is 18.6. The van der Waals surface area contributed by atoms with Crippen LogP contribution in [0.3, 0.4) is 0 Å². The molecule has 0 bridgehead atoms. The number of aryl methyl sites for hydroxylation is 2. The van der Waals surface area contributed by atoms with Crippen LogP contribution in [0, 0.1) is 5.92 Å². The maximum absolute atomic E-state index is 13.8. The summed E-state index contributed by atoms with van der Waals surface area (Å²) in [5, 5.41) is 24.3. The number of aliphatic carboxylic acids is 1. The zero-order valence-corrected chi connectivity index (χ0v) is 32.1. The standard InChI is InChI=1S/C42H48N4O8S.2Na.2H/c1-4-45(5-2)35-24-25-38(37(27-35)40(48)43-33-20-14-29(15-21-33)11-10-28-12-16-30(17-13-28)41(49)50)44-39(47)32-8-7-9-36(26-32)55(53,54)46(6-3)34-22-18-31(19-23-34)42(51)52;;;;/h7-9,12-17,20-21,24-27,31,34H,4-6,10-11,18-19,22-23H2,1-3H3,(H,43,48)(H,44,47)(H,49,50)(H,51,52);;;;. The summed E-state index contributed by atoms with van der Waals surface area (Å²) in [5.41, 5.74) is 4.21. The number of rotatable bonds is 16. The molecule has 0 atom stereocenters. The van der Waals surface area contributed by atoms with E-state index in [0.717, 1.165) is 23.2 Å². The first kappa shape index (κ1) is 47.8. The van der Waals surface area contributed by atoms with Crippen LogP contribution in [0.25, 0.3) is 0 Å². The number of sulfonamides is 1. The van der Waals surface area contributed by atoms with Crippen LogP contribution in [0.4, 0.5) is 17.1 Å². The maximum atomic E-state index is 13.8. The van der Waals surface area contributed by atoms with Crippen LogP contribution in [-0.2, 0) is 27.7 Å². The Bertz CT molecular complexity index is 2120. The van der Waals surface area contributed by atoms with E-state index in [9.17, 15) is 32.7 Å². The van der Waals surface area contributed by atoms with Crippen molar-refractivity contribution in [3.63, 3.8) is 0 Å². The summed E-state index contributed by atoms with van der Waals surface area (Å²) in [6, 6.07) is 24.9. The number of anilines is 3. The summed E-state index contributed by atoms with van der Waals surface area (Å²) < 4.78 is 29.1. The fourth-order valence-corrected chi connectivity index (χ4v) is 8.77. The van der Waals surface area contributed by atoms with Gasteiger partial charge in [-0.1, -0.05) is 37.3 Å². The minimum absolute atomic E-state index is 0. The molecule has 2 amide bonds. The molecule has 1 aliphatic rings. The molecule has 5 rings (SSSR count). The molecule has 1 fully saturated rings. The van der Waals surface area contributed by atoms with Crippen molar-refractivity contribution in [3.8, 4) is 0 Å². The second-order valence-corrected chi connectivity index (χ2v) is 15.5. The van der Waals surface area contributed by atoms with Crippen molar-refractivity contribution in [1.82, 2.24) is 4.31 Å². The molecule has 4 aromatic rings. The number of carbonyl (C=O) groups excluding carboxylic acids is 2. The van der Waals surface area contributed by atoms with Crippen LogP contribution in [0.1, 0.15) is 88.7 Å². The summed E-state index contributed by atoms with van der Waals surface area (Å²) in [7, 11) is -4.00. The van der Waals surface area contributed by atoms with E-state index >= 15 is 0 Å². The second kappa shape index (κ2) is 22.0. The number of aromatic carboxylic acids is 1. The van der Waals surface area contributed by atoms with Gasteiger partial charge in [0.15, 0.2) is 0 Å². The van der Waals surface area contributed by atoms with Crippen molar-refractivity contribution in [3.05, 3.63) is 119 Å². The van der Waals surface area contributed by atoms with Crippen molar-refractivity contribution >= 4 is 110 Å². The normalized spacial score (nSPS) is 15.1. The van der Waals surface area contributed by atoms with Crippen molar-refractivity contribution in [2.45, 2.75) is 70.2 Å². The molecule has 0 saturated heterocycles. The topological polar surface area (TPSA) is 173 Å². The molecule has 1 saturated carbocycles. The molecule has 0 spiro atoms. The number of amides is 2. The number of carbonyl (C=O) groups is 4. The van der Waals surface area contributed by atoms with E-state index in [2.05, 4.69) is 15.5 Å². The monoisotopic (exact) mass is 816 g/mol. The Labute approximate surface area is 379 Å². The van der Waals surface area contributed by atoms with Crippen LogP contribution in [-0.4, -0.2) is 131 Å². The van der Waals surface area contributed by atoms with Crippen molar-refractivity contribution in [1.29, 1.82) is 0 Å². The predicted molar refractivity (Wildman–Crippen MR) is 227 cm³/mol. The number of nitrogens with one attached hydrogen (secondary N) is 2. The van der Waals surface area contributed by atoms with Crippen LogP contribution in [0.15, 0.2) is 95.9 Å². The van der Waals surface area contributed by atoms with Gasteiger partial charge in [0.25, 0.3) is 11.8 Å². The molecule has 4 N–H and O–H groups in total. The molecule has 1 aliphatic carbocycles. The summed E-state index contributed by atoms with van der Waals surface area (Å²) in [5.74, 6) is -3.34. The van der Waals surface area contributed by atoms with Crippen LogP contribution >= 0.6 is 0 Å². The number of carboxylic acid groups (broad SMARTS) is 2. The molecular weight excluding hydrogens is 767 g/mol. The molecular formula is C42H50N4Na2O8S. The Hall–Kier alpha value is -3.53. The summed E-state index contributed by atoms with van der Waals surface area (Å²) in [6.07, 6.45) is 3.11. The van der Waals surface area contributed by atoms with Gasteiger partial charge in [-0.2, -0.15) is 4.31 Å². The molecule has 57 heavy (non-hydrogen) atoms. The molecule has 0 unspecified atom stereocenters. The Morgan fingerprint density at radius 1 is 0.684 bits per heavy atom. The predicted octanol–water partition coefficient (Wildman–Crippen LogP) is 5.88. The first-order chi connectivity index (χ1) is 26.3. The van der Waals surface area contributed by atoms with Crippen LogP contribution in [0.5, 0.6) is 0 Å². The van der Waals surface area contributed by atoms with Gasteiger partial charge in [0, 0.05) is 42.6 Å². The quantitative estimate of drug-likeness (QED) is 0.101. The van der Waals surface area contributed by atoms with Crippen molar-refractivity contribution < 1.29 is 37.8 Å². The molecule has 15 heteroatoms. The van der Waals surface area contributed by atoms with Gasteiger partial charge in [0.1, 0.15) is 0 Å². The number of nitrogens with zero attached hydrogens (tertiary/aromatic N) is 2. The zero-order chi connectivity index (χ0) is 39.7. The van der Waals surface area contributed by atoms with Crippen molar-refractivity contribution in [2.75, 3.05) is 35.2 Å². The average Bonchev–Trinajstić information content (AvgIpc) is 3.19. The van der Waals surface area contributed by atoms with E-state index in [4.69, 9.17) is 5.11 Å². The third-order valence-corrected chi connectivity index (χ3v) is 12.2. The second-order valence-electron chi connectivity index (χ2n) is 13.6. The fraction of sp³-hybridized carbons (Fsp3) is 0.333. The number of benzene rings is 4. The SMILES string of the molecule is CCN(CC)c1ccc(NC(=O)c2cccc(S(=O)(=O)N(CC)C3CCC(C(=O)O)CC3)c2)c(C(=O)Nc2ccc(CCc3ccc(C(=O)O)cc3)cc2)c1.[NaH].[NaH]. The van der Waals surface area contributed by atoms with E-state index in [0.29, 0.717) is 50.9 Å². The van der Waals surface area contributed by atoms with Gasteiger partial charge >= 0.3 is 71.1 Å². The van der Waals surface area contributed by atoms with Gasteiger partial charge < -0.3 is 25.7 Å². The van der Waals surface area contributed by atoms with Gasteiger partial charge in [-0.15, -0.1) is 0 Å². The van der Waals surface area contributed by atoms with E-state index < -0.39 is 39.7 Å². The van der Waals surface area contributed by atoms with Crippen LogP contribution < -0.4 is 15.5 Å². The number of hydrogen-bond donors (Lipinski definition) is 4. The molecule has 12 nitrogen and oxygen atoms in total. The molecule has 294 valence electrons. The summed E-state index contributed by atoms with van der Waals surface area (Å²) >= 11 is 0. The Morgan fingerprint density at radius 3 is 1.82 bits per heavy atom. The van der Waals surface area contributed by atoms with Gasteiger partial charge in [-0.25, -0.2) is 13.2 Å². The molecule has 0 aromatic heterocycles. The van der Waals surface area contributed by atoms with Crippen LogP contribution in [0.2, 0.25) is 0 Å². The molecule has 0 heterocycles. The van der Waals surface area contributed by atoms with E-state index in [1.807, 2.05) is 32.0 Å². The van der Waals surface area contributed by atoms with E-state index in [1.165, 1.54) is 28.6 Å². The van der Waals surface area contributed by atoms with Gasteiger partial charge in [0.05, 0.1) is 27.6 Å². The third kappa shape index (κ3) is 12.2. The third-order valence-electron chi connectivity index (χ3n) is 10.2. The average molecular weight is 817 g/mol. The van der Waals surface area contributed by atoms with E-state index in [-0.39, 0.29) is 99.0 Å². The van der Waals surface area contributed by atoms with Crippen molar-refractivity contribution in [2.24, 2.45) is 5.92 Å². The molecule has 0 aliphatic heterocycles. The van der Waals surface area contributed by atoms with E-state index in [1.54, 1.807) is 55.5 Å². The summed E-state index contributed by atoms with van der Waals surface area (Å²) in [4.78, 5) is 52.2. The van der Waals surface area contributed by atoms with Gasteiger partial charge in [0.2, 0.25) is 10.0 Å². The fourth-order valence-electron chi connectivity index (χ4n) is 7.03. The zero-order valence-electron chi connectivity index (χ0n) is 31.3. The Kier molecular flexibility index (Phi) is 18.5. The number of carboxylic acids is 2. The minimum atomic E-state index is -4.00. The Balaban J connectivity index is 0.00000435. The molecule has 0 radical (unpaired) electrons. The number of hydrogen-bond acceptors (Lipinski definition) is 7. The van der Waals surface area contributed by atoms with Gasteiger partial charge in [-0.05, 0) is 124 Å². The molecule has 4 aromatic carbocycles. The first-order valence-corrected chi connectivity index (χ1v) is 20.1.